The minimum Gasteiger partial charge on any atom is -0.496 e. The molecule has 0 atom stereocenters. The predicted molar refractivity (Wildman–Crippen MR) is 72.3 cm³/mol. The van der Waals surface area contributed by atoms with Gasteiger partial charge in [0, 0.05) is 5.02 Å². The summed E-state index contributed by atoms with van der Waals surface area (Å²) in [4.78, 5) is 0. The van der Waals surface area contributed by atoms with Gasteiger partial charge in [-0.25, -0.2) is 0 Å². The highest BCUT2D eigenvalue weighted by molar-refractivity contribution is 6.31. The van der Waals surface area contributed by atoms with Crippen molar-refractivity contribution in [2.75, 3.05) is 20.2 Å². The first-order chi connectivity index (χ1) is 8.15. The van der Waals surface area contributed by atoms with Crippen molar-refractivity contribution in [3.8, 4) is 5.75 Å². The van der Waals surface area contributed by atoms with Gasteiger partial charge < -0.3 is 10.1 Å². The molecule has 0 aliphatic carbocycles. The number of piperidine rings is 1. The van der Waals surface area contributed by atoms with E-state index in [1.165, 1.54) is 11.1 Å². The maximum Gasteiger partial charge on any atom is 0.125 e. The van der Waals surface area contributed by atoms with Gasteiger partial charge in [-0.3, -0.25) is 0 Å². The normalized spacial score (nSPS) is 17.2. The summed E-state index contributed by atoms with van der Waals surface area (Å²) >= 11 is 6.42. The summed E-state index contributed by atoms with van der Waals surface area (Å²) < 4.78 is 5.49. The molecule has 1 fully saturated rings. The molecule has 0 unspecified atom stereocenters. The molecule has 94 valence electrons. The molecule has 1 heterocycles. The molecular formula is C14H20ClNO. The zero-order valence-electron chi connectivity index (χ0n) is 10.8. The quantitative estimate of drug-likeness (QED) is 0.872. The molecule has 0 saturated carbocycles. The number of halogens is 1. The Morgan fingerprint density at radius 1 is 1.29 bits per heavy atom. The van der Waals surface area contributed by atoms with Crippen LogP contribution in [0.2, 0.25) is 5.02 Å². The largest absolute Gasteiger partial charge is 0.496 e. The number of hydrogen-bond donors (Lipinski definition) is 1. The van der Waals surface area contributed by atoms with Gasteiger partial charge in [-0.05, 0) is 68.5 Å². The highest BCUT2D eigenvalue weighted by Crippen LogP contribution is 2.39. The van der Waals surface area contributed by atoms with E-state index in [0.717, 1.165) is 42.3 Å². The fourth-order valence-electron chi connectivity index (χ4n) is 2.86. The molecule has 2 nitrogen and oxygen atoms in total. The number of aryl methyl sites for hydroxylation is 1. The van der Waals surface area contributed by atoms with Crippen LogP contribution in [0, 0.1) is 13.8 Å². The lowest BCUT2D eigenvalue weighted by Gasteiger charge is -2.26. The Labute approximate surface area is 108 Å². The van der Waals surface area contributed by atoms with Crippen LogP contribution in [0.4, 0.5) is 0 Å². The fourth-order valence-corrected chi connectivity index (χ4v) is 3.32. The van der Waals surface area contributed by atoms with Crippen LogP contribution in [0.1, 0.15) is 35.4 Å². The van der Waals surface area contributed by atoms with Crippen molar-refractivity contribution in [1.29, 1.82) is 0 Å². The van der Waals surface area contributed by atoms with Crippen LogP contribution in [0.3, 0.4) is 0 Å². The monoisotopic (exact) mass is 253 g/mol. The van der Waals surface area contributed by atoms with Gasteiger partial charge in [0.2, 0.25) is 0 Å². The standard InChI is InChI=1S/C14H20ClNO/c1-9-8-12(15)13(10(2)14(9)17-3)11-4-6-16-7-5-11/h8,11,16H,4-7H2,1-3H3. The van der Waals surface area contributed by atoms with Crippen molar-refractivity contribution < 1.29 is 4.74 Å². The molecule has 17 heavy (non-hydrogen) atoms. The highest BCUT2D eigenvalue weighted by Gasteiger charge is 2.22. The Balaban J connectivity index is 2.44. The summed E-state index contributed by atoms with van der Waals surface area (Å²) in [6, 6.07) is 2.03. The fraction of sp³-hybridized carbons (Fsp3) is 0.571. The van der Waals surface area contributed by atoms with Crippen molar-refractivity contribution in [2.24, 2.45) is 0 Å². The molecule has 1 aromatic rings. The second kappa shape index (κ2) is 5.28. The van der Waals surface area contributed by atoms with Crippen molar-refractivity contribution in [3.05, 3.63) is 27.8 Å². The second-order valence-corrected chi connectivity index (χ2v) is 5.18. The van der Waals surface area contributed by atoms with Gasteiger partial charge in [0.25, 0.3) is 0 Å². The third kappa shape index (κ3) is 2.43. The highest BCUT2D eigenvalue weighted by atomic mass is 35.5. The van der Waals surface area contributed by atoms with Gasteiger partial charge in [0.05, 0.1) is 7.11 Å². The van der Waals surface area contributed by atoms with Crippen LogP contribution in [-0.2, 0) is 0 Å². The third-order valence-corrected chi connectivity index (χ3v) is 3.97. The van der Waals surface area contributed by atoms with Gasteiger partial charge in [-0.15, -0.1) is 0 Å². The molecule has 1 saturated heterocycles. The predicted octanol–water partition coefficient (Wildman–Crippen LogP) is 3.43. The zero-order valence-corrected chi connectivity index (χ0v) is 11.5. The number of benzene rings is 1. The van der Waals surface area contributed by atoms with Gasteiger partial charge in [-0.1, -0.05) is 11.6 Å². The Morgan fingerprint density at radius 3 is 2.53 bits per heavy atom. The number of ether oxygens (including phenoxy) is 1. The molecule has 0 spiro atoms. The minimum absolute atomic E-state index is 0.568. The summed E-state index contributed by atoms with van der Waals surface area (Å²) in [6.45, 7) is 6.33. The number of rotatable bonds is 2. The van der Waals surface area contributed by atoms with Gasteiger partial charge in [0.1, 0.15) is 5.75 Å². The van der Waals surface area contributed by atoms with E-state index in [-0.39, 0.29) is 0 Å². The number of nitrogens with one attached hydrogen (secondary N) is 1. The Hall–Kier alpha value is -0.730. The molecule has 0 aromatic heterocycles. The second-order valence-electron chi connectivity index (χ2n) is 4.77. The average Bonchev–Trinajstić information content (AvgIpc) is 2.30. The van der Waals surface area contributed by atoms with E-state index < -0.39 is 0 Å². The summed E-state index contributed by atoms with van der Waals surface area (Å²) in [5.74, 6) is 1.56. The molecule has 0 bridgehead atoms. The smallest absolute Gasteiger partial charge is 0.125 e. The zero-order chi connectivity index (χ0) is 12.4. The molecular weight excluding hydrogens is 234 g/mol. The molecule has 0 radical (unpaired) electrons. The van der Waals surface area contributed by atoms with Crippen molar-refractivity contribution in [2.45, 2.75) is 32.6 Å². The van der Waals surface area contributed by atoms with E-state index in [1.54, 1.807) is 7.11 Å². The van der Waals surface area contributed by atoms with Crippen LogP contribution < -0.4 is 10.1 Å². The van der Waals surface area contributed by atoms with E-state index in [4.69, 9.17) is 16.3 Å². The number of hydrogen-bond acceptors (Lipinski definition) is 2. The molecule has 1 N–H and O–H groups in total. The summed E-state index contributed by atoms with van der Waals surface area (Å²) in [7, 11) is 1.73. The Kier molecular flexibility index (Phi) is 3.95. The van der Waals surface area contributed by atoms with Crippen molar-refractivity contribution in [1.82, 2.24) is 5.32 Å². The van der Waals surface area contributed by atoms with Crippen molar-refractivity contribution in [3.63, 3.8) is 0 Å². The average molecular weight is 254 g/mol. The molecule has 3 heteroatoms. The van der Waals surface area contributed by atoms with E-state index in [1.807, 2.05) is 13.0 Å². The summed E-state index contributed by atoms with van der Waals surface area (Å²) in [5, 5.41) is 4.29. The molecule has 1 aliphatic heterocycles. The molecule has 0 amide bonds. The number of methoxy groups -OCH3 is 1. The van der Waals surface area contributed by atoms with E-state index in [9.17, 15) is 0 Å². The Bertz CT molecular complexity index is 411. The maximum atomic E-state index is 6.42. The minimum atomic E-state index is 0.568. The maximum absolute atomic E-state index is 6.42. The lowest BCUT2D eigenvalue weighted by Crippen LogP contribution is -2.27. The van der Waals surface area contributed by atoms with Crippen LogP contribution in [0.5, 0.6) is 5.75 Å². The molecule has 1 aromatic carbocycles. The van der Waals surface area contributed by atoms with E-state index in [0.29, 0.717) is 5.92 Å². The van der Waals surface area contributed by atoms with Crippen LogP contribution in [0.15, 0.2) is 6.07 Å². The van der Waals surface area contributed by atoms with Gasteiger partial charge in [0.15, 0.2) is 0 Å². The topological polar surface area (TPSA) is 21.3 Å². The first-order valence-electron chi connectivity index (χ1n) is 6.19. The molecule has 1 aliphatic rings. The van der Waals surface area contributed by atoms with Crippen LogP contribution >= 0.6 is 11.6 Å². The first-order valence-corrected chi connectivity index (χ1v) is 6.57. The van der Waals surface area contributed by atoms with Gasteiger partial charge in [-0.2, -0.15) is 0 Å². The van der Waals surface area contributed by atoms with Crippen LogP contribution in [0.25, 0.3) is 0 Å². The van der Waals surface area contributed by atoms with Gasteiger partial charge >= 0.3 is 0 Å². The summed E-state index contributed by atoms with van der Waals surface area (Å²) in [6.07, 6.45) is 2.32. The van der Waals surface area contributed by atoms with E-state index in [2.05, 4.69) is 12.2 Å². The summed E-state index contributed by atoms with van der Waals surface area (Å²) in [5.41, 5.74) is 3.62. The van der Waals surface area contributed by atoms with Crippen LogP contribution in [-0.4, -0.2) is 20.2 Å². The lowest BCUT2D eigenvalue weighted by atomic mass is 9.86. The van der Waals surface area contributed by atoms with E-state index >= 15 is 0 Å². The SMILES string of the molecule is COc1c(C)cc(Cl)c(C2CCNCC2)c1C. The first kappa shape index (κ1) is 12.7. The lowest BCUT2D eigenvalue weighted by molar-refractivity contribution is 0.404. The molecule has 2 rings (SSSR count). The van der Waals surface area contributed by atoms with Crippen molar-refractivity contribution >= 4 is 11.6 Å². The third-order valence-electron chi connectivity index (χ3n) is 3.65. The Morgan fingerprint density at radius 2 is 1.94 bits per heavy atom.